The third-order valence-corrected chi connectivity index (χ3v) is 3.89. The highest BCUT2D eigenvalue weighted by atomic mass is 32.1. The van der Waals surface area contributed by atoms with Crippen LogP contribution in [0.4, 0.5) is 0 Å². The molecule has 0 atom stereocenters. The maximum atomic E-state index is 12.2. The second-order valence-electron chi connectivity index (χ2n) is 4.84. The highest BCUT2D eigenvalue weighted by Crippen LogP contribution is 2.28. The van der Waals surface area contributed by atoms with Crippen molar-refractivity contribution < 1.29 is 24.2 Å². The SMILES string of the molecule is CCOc1cc(C(=O)NCc2nc(C)cs2)ccc1OCC(=O)O. The van der Waals surface area contributed by atoms with Gasteiger partial charge in [0.25, 0.3) is 5.91 Å². The second-order valence-corrected chi connectivity index (χ2v) is 5.78. The molecule has 128 valence electrons. The fourth-order valence-corrected chi connectivity index (χ4v) is 2.63. The summed E-state index contributed by atoms with van der Waals surface area (Å²) in [7, 11) is 0. The zero-order valence-corrected chi connectivity index (χ0v) is 14.2. The molecule has 0 fully saturated rings. The fourth-order valence-electron chi connectivity index (χ4n) is 1.92. The molecule has 0 bridgehead atoms. The van der Waals surface area contributed by atoms with E-state index in [0.717, 1.165) is 10.7 Å². The van der Waals surface area contributed by atoms with E-state index in [2.05, 4.69) is 10.3 Å². The summed E-state index contributed by atoms with van der Waals surface area (Å²) in [5, 5.41) is 14.2. The summed E-state index contributed by atoms with van der Waals surface area (Å²) in [6, 6.07) is 4.61. The number of aryl methyl sites for hydroxylation is 1. The number of carbonyl (C=O) groups excluding carboxylic acids is 1. The Hall–Kier alpha value is -2.61. The predicted molar refractivity (Wildman–Crippen MR) is 88.8 cm³/mol. The van der Waals surface area contributed by atoms with Crippen molar-refractivity contribution in [2.24, 2.45) is 0 Å². The predicted octanol–water partition coefficient (Wildman–Crippen LogP) is 2.24. The van der Waals surface area contributed by atoms with E-state index in [1.54, 1.807) is 13.0 Å². The van der Waals surface area contributed by atoms with Crippen molar-refractivity contribution >= 4 is 23.2 Å². The molecule has 0 saturated heterocycles. The number of nitrogens with zero attached hydrogens (tertiary/aromatic N) is 1. The minimum atomic E-state index is -1.09. The van der Waals surface area contributed by atoms with Crippen LogP contribution in [0.25, 0.3) is 0 Å². The third-order valence-electron chi connectivity index (χ3n) is 2.92. The zero-order valence-electron chi connectivity index (χ0n) is 13.4. The highest BCUT2D eigenvalue weighted by Gasteiger charge is 2.13. The molecule has 7 nitrogen and oxygen atoms in total. The van der Waals surface area contributed by atoms with E-state index in [1.165, 1.54) is 23.5 Å². The van der Waals surface area contributed by atoms with Gasteiger partial charge in [-0.1, -0.05) is 0 Å². The van der Waals surface area contributed by atoms with Gasteiger partial charge in [-0.25, -0.2) is 9.78 Å². The summed E-state index contributed by atoms with van der Waals surface area (Å²) >= 11 is 1.48. The number of benzene rings is 1. The van der Waals surface area contributed by atoms with Crippen molar-refractivity contribution in [3.63, 3.8) is 0 Å². The van der Waals surface area contributed by atoms with Crippen LogP contribution >= 0.6 is 11.3 Å². The number of aromatic nitrogens is 1. The Balaban J connectivity index is 2.06. The summed E-state index contributed by atoms with van der Waals surface area (Å²) < 4.78 is 10.6. The van der Waals surface area contributed by atoms with Gasteiger partial charge in [-0.3, -0.25) is 4.79 Å². The first-order chi connectivity index (χ1) is 11.5. The first-order valence-electron chi connectivity index (χ1n) is 7.30. The Bertz CT molecular complexity index is 729. The first-order valence-corrected chi connectivity index (χ1v) is 8.18. The smallest absolute Gasteiger partial charge is 0.341 e. The van der Waals surface area contributed by atoms with Crippen molar-refractivity contribution in [2.45, 2.75) is 20.4 Å². The number of aliphatic carboxylic acids is 1. The van der Waals surface area contributed by atoms with Crippen LogP contribution in [0.5, 0.6) is 11.5 Å². The Morgan fingerprint density at radius 2 is 2.08 bits per heavy atom. The molecule has 0 aliphatic heterocycles. The van der Waals surface area contributed by atoms with E-state index in [0.29, 0.717) is 24.5 Å². The number of carbonyl (C=O) groups is 2. The summed E-state index contributed by atoms with van der Waals surface area (Å²) in [4.78, 5) is 27.1. The van der Waals surface area contributed by atoms with Gasteiger partial charge < -0.3 is 19.9 Å². The normalized spacial score (nSPS) is 10.2. The molecule has 2 N–H and O–H groups in total. The molecule has 1 heterocycles. The Morgan fingerprint density at radius 1 is 1.29 bits per heavy atom. The van der Waals surface area contributed by atoms with Crippen molar-refractivity contribution in [1.82, 2.24) is 10.3 Å². The van der Waals surface area contributed by atoms with Gasteiger partial charge in [0.1, 0.15) is 5.01 Å². The Morgan fingerprint density at radius 3 is 2.71 bits per heavy atom. The largest absolute Gasteiger partial charge is 0.490 e. The Kier molecular flexibility index (Phi) is 6.14. The molecular weight excluding hydrogens is 332 g/mol. The molecule has 0 saturated carbocycles. The molecule has 1 aromatic heterocycles. The summed E-state index contributed by atoms with van der Waals surface area (Å²) in [6.07, 6.45) is 0. The third kappa shape index (κ3) is 4.95. The van der Waals surface area contributed by atoms with Gasteiger partial charge in [-0.05, 0) is 32.0 Å². The van der Waals surface area contributed by atoms with Gasteiger partial charge in [-0.15, -0.1) is 11.3 Å². The van der Waals surface area contributed by atoms with Crippen LogP contribution in [0, 0.1) is 6.92 Å². The lowest BCUT2D eigenvalue weighted by molar-refractivity contribution is -0.139. The van der Waals surface area contributed by atoms with Gasteiger partial charge in [0.05, 0.1) is 13.2 Å². The molecule has 0 radical (unpaired) electrons. The first kappa shape index (κ1) is 17.7. The molecule has 2 aromatic rings. The Labute approximate surface area is 143 Å². The lowest BCUT2D eigenvalue weighted by Gasteiger charge is -2.12. The number of rotatable bonds is 8. The molecule has 0 aliphatic carbocycles. The van der Waals surface area contributed by atoms with E-state index < -0.39 is 12.6 Å². The average Bonchev–Trinajstić information content (AvgIpc) is 2.97. The van der Waals surface area contributed by atoms with Crippen LogP contribution in [0.3, 0.4) is 0 Å². The number of carboxylic acids is 1. The van der Waals surface area contributed by atoms with Crippen LogP contribution in [-0.2, 0) is 11.3 Å². The van der Waals surface area contributed by atoms with Gasteiger partial charge in [-0.2, -0.15) is 0 Å². The molecule has 8 heteroatoms. The van der Waals surface area contributed by atoms with Crippen LogP contribution < -0.4 is 14.8 Å². The minimum absolute atomic E-state index is 0.270. The van der Waals surface area contributed by atoms with E-state index >= 15 is 0 Å². The van der Waals surface area contributed by atoms with Crippen molar-refractivity contribution in [2.75, 3.05) is 13.2 Å². The van der Waals surface area contributed by atoms with Crippen LogP contribution in [0.1, 0.15) is 28.0 Å². The summed E-state index contributed by atoms with van der Waals surface area (Å²) in [6.45, 7) is 3.92. The van der Waals surface area contributed by atoms with Crippen LogP contribution in [0.15, 0.2) is 23.6 Å². The van der Waals surface area contributed by atoms with Crippen LogP contribution in [-0.4, -0.2) is 35.2 Å². The molecule has 2 rings (SSSR count). The quantitative estimate of drug-likeness (QED) is 0.758. The number of hydrogen-bond acceptors (Lipinski definition) is 6. The molecule has 0 spiro atoms. The van der Waals surface area contributed by atoms with E-state index in [4.69, 9.17) is 14.6 Å². The molecule has 0 aliphatic rings. The molecule has 1 aromatic carbocycles. The minimum Gasteiger partial charge on any atom is -0.490 e. The number of hydrogen-bond donors (Lipinski definition) is 2. The molecule has 24 heavy (non-hydrogen) atoms. The van der Waals surface area contributed by atoms with E-state index in [-0.39, 0.29) is 11.7 Å². The number of ether oxygens (including phenoxy) is 2. The maximum absolute atomic E-state index is 12.2. The number of carboxylic acid groups (broad SMARTS) is 1. The van der Waals surface area contributed by atoms with E-state index in [9.17, 15) is 9.59 Å². The fraction of sp³-hybridized carbons (Fsp3) is 0.312. The van der Waals surface area contributed by atoms with Crippen molar-refractivity contribution in [3.05, 3.63) is 39.8 Å². The van der Waals surface area contributed by atoms with Gasteiger partial charge >= 0.3 is 5.97 Å². The lowest BCUT2D eigenvalue weighted by Crippen LogP contribution is -2.22. The topological polar surface area (TPSA) is 97.8 Å². The zero-order chi connectivity index (χ0) is 17.5. The standard InChI is InChI=1S/C16H18N2O5S/c1-3-22-13-6-11(4-5-12(13)23-8-15(19)20)16(21)17-7-14-18-10(2)9-24-14/h4-6,9H,3,7-8H2,1-2H3,(H,17,21)(H,19,20). The summed E-state index contributed by atoms with van der Waals surface area (Å²) in [5.41, 5.74) is 1.32. The molecule has 0 unspecified atom stereocenters. The van der Waals surface area contributed by atoms with Crippen LogP contribution in [0.2, 0.25) is 0 Å². The van der Waals surface area contributed by atoms with Gasteiger partial charge in [0, 0.05) is 16.6 Å². The number of thiazole rings is 1. The molecular formula is C16H18N2O5S. The van der Waals surface area contributed by atoms with E-state index in [1.807, 2.05) is 12.3 Å². The van der Waals surface area contributed by atoms with Gasteiger partial charge in [0.15, 0.2) is 18.1 Å². The second kappa shape index (κ2) is 8.30. The number of nitrogens with one attached hydrogen (secondary N) is 1. The number of amides is 1. The van der Waals surface area contributed by atoms with Gasteiger partial charge in [0.2, 0.25) is 0 Å². The highest BCUT2D eigenvalue weighted by molar-refractivity contribution is 7.09. The van der Waals surface area contributed by atoms with Crippen molar-refractivity contribution in [3.8, 4) is 11.5 Å². The van der Waals surface area contributed by atoms with Crippen molar-refractivity contribution in [1.29, 1.82) is 0 Å². The maximum Gasteiger partial charge on any atom is 0.341 e. The summed E-state index contributed by atoms with van der Waals surface area (Å²) in [5.74, 6) is -0.741. The average molecular weight is 350 g/mol. The molecule has 1 amide bonds. The lowest BCUT2D eigenvalue weighted by atomic mass is 10.2. The monoisotopic (exact) mass is 350 g/mol.